The summed E-state index contributed by atoms with van der Waals surface area (Å²) in [6, 6.07) is 34.8. The smallest absolute Gasteiger partial charge is 0.346 e. The molecule has 0 bridgehead atoms. The van der Waals surface area contributed by atoms with Crippen molar-refractivity contribution in [3.05, 3.63) is 177 Å². The van der Waals surface area contributed by atoms with E-state index in [0.717, 1.165) is 51.8 Å². The number of nitrogen functional groups attached to an aromatic ring is 4. The molecule has 8 rings (SSSR count). The summed E-state index contributed by atoms with van der Waals surface area (Å²) in [5.41, 5.74) is 31.2. The number of anilines is 4. The molecule has 6 aromatic carbocycles. The molecular weight excluding hydrogens is 713 g/mol. The number of aryl methyl sites for hydroxylation is 2. The first-order valence-corrected chi connectivity index (χ1v) is 17.2. The van der Waals surface area contributed by atoms with Gasteiger partial charge in [-0.25, -0.2) is 19.2 Å². The fraction of sp³-hybridized carbons (Fsp3) is 0.0682. The number of ether oxygens (including phenoxy) is 3. The molecule has 0 saturated heterocycles. The quantitative estimate of drug-likeness (QED) is 0.0574. The fourth-order valence-corrected chi connectivity index (χ4v) is 5.76. The molecule has 0 aliphatic carbocycles. The number of benzene rings is 6. The number of carbonyl (C=O) groups excluding carboxylic acids is 5. The summed E-state index contributed by atoms with van der Waals surface area (Å²) in [7, 11) is 0. The highest BCUT2D eigenvalue weighted by Gasteiger charge is 2.32. The van der Waals surface area contributed by atoms with Crippen molar-refractivity contribution in [2.24, 2.45) is 0 Å². The predicted octanol–water partition coefficient (Wildman–Crippen LogP) is 7.24. The monoisotopic (exact) mass is 748 g/mol. The third kappa shape index (κ3) is 8.72. The summed E-state index contributed by atoms with van der Waals surface area (Å²) in [5, 5.41) is 0. The van der Waals surface area contributed by atoms with Crippen LogP contribution in [0.2, 0.25) is 0 Å². The molecule has 280 valence electrons. The van der Waals surface area contributed by atoms with Crippen molar-refractivity contribution in [2.45, 2.75) is 20.3 Å². The normalized spacial score (nSPS) is 12.2. The molecule has 0 unspecified atom stereocenters. The second kappa shape index (κ2) is 16.1. The van der Waals surface area contributed by atoms with Crippen LogP contribution in [0.5, 0.6) is 11.5 Å². The fourth-order valence-electron chi connectivity index (χ4n) is 5.76. The van der Waals surface area contributed by atoms with Crippen LogP contribution < -0.4 is 27.7 Å². The van der Waals surface area contributed by atoms with E-state index in [0.29, 0.717) is 0 Å². The molecule has 12 nitrogen and oxygen atoms in total. The summed E-state index contributed by atoms with van der Waals surface area (Å²) in [6.45, 7) is 4.07. The molecule has 2 aliphatic rings. The lowest BCUT2D eigenvalue weighted by Crippen LogP contribution is -2.05. The Morgan fingerprint density at radius 3 is 1.23 bits per heavy atom. The highest BCUT2D eigenvalue weighted by atomic mass is 16.6. The highest BCUT2D eigenvalue weighted by molar-refractivity contribution is 6.19. The van der Waals surface area contributed by atoms with Gasteiger partial charge in [-0.3, -0.25) is 4.79 Å². The Bertz CT molecular complexity index is 2360. The average molecular weight is 749 g/mol. The van der Waals surface area contributed by atoms with Gasteiger partial charge in [-0.15, -0.1) is 0 Å². The summed E-state index contributed by atoms with van der Waals surface area (Å²) < 4.78 is 14.5. The Balaban J connectivity index is 0.000000148. The minimum atomic E-state index is -0.812. The molecule has 0 radical (unpaired) electrons. The van der Waals surface area contributed by atoms with Gasteiger partial charge in [0, 0.05) is 33.9 Å². The molecule has 0 atom stereocenters. The van der Waals surface area contributed by atoms with Crippen molar-refractivity contribution in [2.75, 3.05) is 22.9 Å². The zero-order valence-electron chi connectivity index (χ0n) is 30.3. The number of hydrogen-bond acceptors (Lipinski definition) is 12. The third-order valence-electron chi connectivity index (χ3n) is 8.89. The van der Waals surface area contributed by atoms with E-state index in [1.807, 2.05) is 50.2 Å². The molecular formula is C44H36N4O8. The largest absolute Gasteiger partial charge is 0.457 e. The zero-order valence-corrected chi connectivity index (χ0v) is 30.3. The van der Waals surface area contributed by atoms with Crippen LogP contribution in [0.1, 0.15) is 79.6 Å². The number of hydrogen-bond donors (Lipinski definition) is 4. The molecule has 12 heteroatoms. The second-order valence-corrected chi connectivity index (χ2v) is 13.0. The van der Waals surface area contributed by atoms with Crippen LogP contribution in [-0.2, 0) is 15.9 Å². The van der Waals surface area contributed by atoms with E-state index in [1.54, 1.807) is 24.3 Å². The maximum atomic E-state index is 12.5. The first kappa shape index (κ1) is 38.0. The highest BCUT2D eigenvalue weighted by Crippen LogP contribution is 2.26. The molecule has 2 heterocycles. The Morgan fingerprint density at radius 1 is 0.482 bits per heavy atom. The molecule has 0 amide bonds. The standard InChI is InChI=1S/C17H6O7.C15H18N2.C12H12N2O/c18-13(7-1-3-9-11(5-7)16(21)23-14(9)19)8-2-4-10-12(6-8)17(22)24-15(10)20;1-10-7-12(3-5-14(10)16)9-13-4-6-15(17)11(2)8-13;13-9-1-5-11(6-2-9)15-12-7-3-10(14)4-8-12/h1-6H;3-8H,9,16-17H2,1-2H3;1-8H,13-14H2. The van der Waals surface area contributed by atoms with E-state index in [-0.39, 0.29) is 33.4 Å². The van der Waals surface area contributed by atoms with Crippen LogP contribution in [0, 0.1) is 13.8 Å². The van der Waals surface area contributed by atoms with E-state index in [4.69, 9.17) is 27.7 Å². The van der Waals surface area contributed by atoms with Crippen molar-refractivity contribution in [1.29, 1.82) is 0 Å². The van der Waals surface area contributed by atoms with Gasteiger partial charge in [-0.2, -0.15) is 0 Å². The van der Waals surface area contributed by atoms with Crippen molar-refractivity contribution in [3.8, 4) is 11.5 Å². The van der Waals surface area contributed by atoms with Crippen LogP contribution in [0.25, 0.3) is 0 Å². The third-order valence-corrected chi connectivity index (χ3v) is 8.89. The summed E-state index contributed by atoms with van der Waals surface area (Å²) in [5.74, 6) is -2.09. The Hall–Kier alpha value is -7.73. The van der Waals surface area contributed by atoms with Crippen LogP contribution in [0.3, 0.4) is 0 Å². The molecule has 6 aromatic rings. The van der Waals surface area contributed by atoms with Gasteiger partial charge in [0.25, 0.3) is 0 Å². The van der Waals surface area contributed by atoms with E-state index in [2.05, 4.69) is 33.7 Å². The van der Waals surface area contributed by atoms with E-state index in [1.165, 1.54) is 47.5 Å². The van der Waals surface area contributed by atoms with Crippen molar-refractivity contribution in [3.63, 3.8) is 0 Å². The van der Waals surface area contributed by atoms with Gasteiger partial charge >= 0.3 is 23.9 Å². The SMILES string of the molecule is Cc1cc(Cc2ccc(N)c(C)c2)ccc1N.Nc1ccc(Oc2ccc(N)cc2)cc1.O=C(c1ccc2c(c1)C(=O)OC2=O)c1ccc2c(c1)C(=O)OC2=O. The Labute approximate surface area is 321 Å². The number of nitrogens with two attached hydrogens (primary N) is 4. The lowest BCUT2D eigenvalue weighted by atomic mass is 9.96. The van der Waals surface area contributed by atoms with Crippen LogP contribution >= 0.6 is 0 Å². The van der Waals surface area contributed by atoms with Crippen molar-refractivity contribution in [1.82, 2.24) is 0 Å². The maximum Gasteiger partial charge on any atom is 0.346 e. The lowest BCUT2D eigenvalue weighted by Gasteiger charge is -2.07. The molecule has 8 N–H and O–H groups in total. The van der Waals surface area contributed by atoms with Gasteiger partial charge in [0.15, 0.2) is 5.78 Å². The lowest BCUT2D eigenvalue weighted by molar-refractivity contribution is 0.0425. The number of rotatable bonds is 6. The van der Waals surface area contributed by atoms with Gasteiger partial charge in [-0.1, -0.05) is 36.4 Å². The number of carbonyl (C=O) groups is 5. The van der Waals surface area contributed by atoms with Crippen molar-refractivity contribution < 1.29 is 38.2 Å². The van der Waals surface area contributed by atoms with Gasteiger partial charge in [0.1, 0.15) is 11.5 Å². The second-order valence-electron chi connectivity index (χ2n) is 13.0. The maximum absolute atomic E-state index is 12.5. The molecule has 0 aromatic heterocycles. The first-order valence-electron chi connectivity index (χ1n) is 17.2. The van der Waals surface area contributed by atoms with E-state index in [9.17, 15) is 24.0 Å². The number of ketones is 1. The topological polar surface area (TPSA) is 217 Å². The summed E-state index contributed by atoms with van der Waals surface area (Å²) in [4.78, 5) is 58.5. The van der Waals surface area contributed by atoms with Gasteiger partial charge < -0.3 is 37.1 Å². The molecule has 0 saturated carbocycles. The van der Waals surface area contributed by atoms with Gasteiger partial charge in [0.2, 0.25) is 0 Å². The molecule has 56 heavy (non-hydrogen) atoms. The van der Waals surface area contributed by atoms with E-state index >= 15 is 0 Å². The van der Waals surface area contributed by atoms with E-state index < -0.39 is 29.7 Å². The van der Waals surface area contributed by atoms with Crippen LogP contribution in [-0.4, -0.2) is 29.7 Å². The minimum absolute atomic E-state index is 0.0154. The first-order chi connectivity index (χ1) is 26.7. The summed E-state index contributed by atoms with van der Waals surface area (Å²) >= 11 is 0. The number of fused-ring (bicyclic) bond motifs is 2. The van der Waals surface area contributed by atoms with Crippen molar-refractivity contribution >= 4 is 52.4 Å². The number of cyclic esters (lactones) is 4. The van der Waals surface area contributed by atoms with Gasteiger partial charge in [-0.05, 0) is 127 Å². The number of esters is 4. The Kier molecular flexibility index (Phi) is 10.9. The van der Waals surface area contributed by atoms with Crippen LogP contribution in [0.15, 0.2) is 121 Å². The molecule has 2 aliphatic heterocycles. The summed E-state index contributed by atoms with van der Waals surface area (Å²) in [6.07, 6.45) is 0.919. The average Bonchev–Trinajstić information content (AvgIpc) is 3.64. The minimum Gasteiger partial charge on any atom is -0.457 e. The zero-order chi connectivity index (χ0) is 40.1. The van der Waals surface area contributed by atoms with Gasteiger partial charge in [0.05, 0.1) is 22.3 Å². The predicted molar refractivity (Wildman–Crippen MR) is 212 cm³/mol. The van der Waals surface area contributed by atoms with Crippen LogP contribution in [0.4, 0.5) is 22.7 Å². The molecule has 0 spiro atoms. The molecule has 0 fully saturated rings. The Morgan fingerprint density at radius 2 is 0.857 bits per heavy atom.